The van der Waals surface area contributed by atoms with Crippen LogP contribution in [-0.2, 0) is 16.0 Å². The van der Waals surface area contributed by atoms with Gasteiger partial charge >= 0.3 is 0 Å². The van der Waals surface area contributed by atoms with Gasteiger partial charge in [0.15, 0.2) is 5.78 Å². The molecule has 2 heterocycles. The summed E-state index contributed by atoms with van der Waals surface area (Å²) < 4.78 is 5.83. The zero-order valence-corrected chi connectivity index (χ0v) is 16.4. The second kappa shape index (κ2) is 7.09. The number of amides is 1. The molecule has 27 heavy (non-hydrogen) atoms. The molecule has 0 spiro atoms. The molecule has 1 fully saturated rings. The number of Topliss-reactive ketones (excluding diaryl/α,β-unsaturated/α-hetero) is 1. The fourth-order valence-corrected chi connectivity index (χ4v) is 4.22. The van der Waals surface area contributed by atoms with Crippen molar-refractivity contribution in [1.29, 1.82) is 0 Å². The van der Waals surface area contributed by atoms with E-state index in [1.54, 1.807) is 4.90 Å². The van der Waals surface area contributed by atoms with E-state index in [1.165, 1.54) is 0 Å². The van der Waals surface area contributed by atoms with Crippen LogP contribution in [0.2, 0.25) is 0 Å². The van der Waals surface area contributed by atoms with E-state index in [1.807, 2.05) is 42.5 Å². The van der Waals surface area contributed by atoms with E-state index >= 15 is 0 Å². The molecule has 0 aliphatic carbocycles. The Morgan fingerprint density at radius 3 is 2.52 bits per heavy atom. The van der Waals surface area contributed by atoms with Crippen molar-refractivity contribution in [2.45, 2.75) is 24.9 Å². The lowest BCUT2D eigenvalue weighted by Gasteiger charge is -2.37. The molecule has 3 aromatic rings. The highest BCUT2D eigenvalue weighted by atomic mass is 79.9. The molecule has 2 aromatic carbocycles. The molecule has 140 valence electrons. The van der Waals surface area contributed by atoms with Crippen molar-refractivity contribution in [3.05, 3.63) is 48.0 Å². The fraction of sp³-hybridized carbons (Fsp3) is 0.333. The summed E-state index contributed by atoms with van der Waals surface area (Å²) in [5.41, 5.74) is 1.26. The van der Waals surface area contributed by atoms with E-state index in [4.69, 9.17) is 4.42 Å². The number of benzene rings is 2. The van der Waals surface area contributed by atoms with Crippen LogP contribution in [-0.4, -0.2) is 45.7 Å². The summed E-state index contributed by atoms with van der Waals surface area (Å²) in [6, 6.07) is 13.7. The van der Waals surface area contributed by atoms with Gasteiger partial charge in [0.05, 0.1) is 11.8 Å². The Kier molecular flexibility index (Phi) is 4.78. The molecule has 6 heteroatoms. The Morgan fingerprint density at radius 2 is 1.78 bits per heavy atom. The molecule has 1 aromatic heterocycles. The maximum absolute atomic E-state index is 12.7. The van der Waals surface area contributed by atoms with Crippen molar-refractivity contribution in [3.63, 3.8) is 0 Å². The number of rotatable bonds is 4. The van der Waals surface area contributed by atoms with E-state index in [9.17, 15) is 14.7 Å². The Hall–Kier alpha value is -2.18. The third kappa shape index (κ3) is 3.39. The van der Waals surface area contributed by atoms with Gasteiger partial charge in [-0.15, -0.1) is 0 Å². The molecule has 0 unspecified atom stereocenters. The van der Waals surface area contributed by atoms with Gasteiger partial charge in [-0.25, -0.2) is 0 Å². The average Bonchev–Trinajstić information content (AvgIpc) is 3.06. The summed E-state index contributed by atoms with van der Waals surface area (Å²) in [6.45, 7) is 0.788. The predicted molar refractivity (Wildman–Crippen MR) is 107 cm³/mol. The number of hydrogen-bond acceptors (Lipinski definition) is 4. The Labute approximate surface area is 165 Å². The van der Waals surface area contributed by atoms with E-state index in [-0.39, 0.29) is 29.9 Å². The number of fused-ring (bicyclic) bond motifs is 3. The molecule has 5 nitrogen and oxygen atoms in total. The maximum atomic E-state index is 12.7. The number of likely N-dealkylation sites (tertiary alicyclic amines) is 1. The predicted octanol–water partition coefficient (Wildman–Crippen LogP) is 3.45. The Balaban J connectivity index is 1.49. The molecule has 1 aliphatic heterocycles. The van der Waals surface area contributed by atoms with Crippen LogP contribution < -0.4 is 0 Å². The summed E-state index contributed by atoms with van der Waals surface area (Å²) in [7, 11) is 0. The Bertz CT molecular complexity index is 1020. The van der Waals surface area contributed by atoms with Crippen molar-refractivity contribution in [3.8, 4) is 0 Å². The van der Waals surface area contributed by atoms with Crippen LogP contribution in [0.15, 0.2) is 46.9 Å². The zero-order chi connectivity index (χ0) is 19.0. The topological polar surface area (TPSA) is 70.8 Å². The highest BCUT2D eigenvalue weighted by molar-refractivity contribution is 9.09. The number of alkyl halides is 1. The van der Waals surface area contributed by atoms with Gasteiger partial charge in [0.1, 0.15) is 16.8 Å². The number of hydrogen-bond donors (Lipinski definition) is 1. The monoisotopic (exact) mass is 429 g/mol. The summed E-state index contributed by atoms with van der Waals surface area (Å²) in [5, 5.41) is 12.6. The largest absolute Gasteiger partial charge is 0.456 e. The van der Waals surface area contributed by atoms with E-state index in [0.717, 1.165) is 27.5 Å². The van der Waals surface area contributed by atoms with Gasteiger partial charge in [-0.3, -0.25) is 9.59 Å². The van der Waals surface area contributed by atoms with Gasteiger partial charge in [-0.05, 0) is 23.8 Å². The lowest BCUT2D eigenvalue weighted by Crippen LogP contribution is -2.51. The maximum Gasteiger partial charge on any atom is 0.226 e. The normalized spacial score (nSPS) is 16.7. The summed E-state index contributed by atoms with van der Waals surface area (Å²) in [6.07, 6.45) is 0.865. The minimum atomic E-state index is -1.31. The third-order valence-corrected chi connectivity index (χ3v) is 5.89. The minimum absolute atomic E-state index is 0.00971. The smallest absolute Gasteiger partial charge is 0.226 e. The molecule has 0 bridgehead atoms. The third-order valence-electron chi connectivity index (χ3n) is 5.38. The van der Waals surface area contributed by atoms with Crippen molar-refractivity contribution >= 4 is 49.6 Å². The number of nitrogens with zero attached hydrogens (tertiary/aromatic N) is 1. The number of furan rings is 1. The van der Waals surface area contributed by atoms with E-state index in [0.29, 0.717) is 19.5 Å². The lowest BCUT2D eigenvalue weighted by atomic mass is 9.88. The molecule has 0 saturated carbocycles. The summed E-state index contributed by atoms with van der Waals surface area (Å²) >= 11 is 3.11. The summed E-state index contributed by atoms with van der Waals surface area (Å²) in [5.74, 6) is -0.206. The Morgan fingerprint density at radius 1 is 1.07 bits per heavy atom. The molecule has 1 aliphatic rings. The van der Waals surface area contributed by atoms with Crippen molar-refractivity contribution < 1.29 is 19.1 Å². The number of halogens is 1. The van der Waals surface area contributed by atoms with Crippen molar-refractivity contribution in [2.75, 3.05) is 18.4 Å². The van der Waals surface area contributed by atoms with Crippen LogP contribution in [0, 0.1) is 0 Å². The number of piperidine rings is 1. The number of para-hydroxylation sites is 1. The molecule has 4 rings (SSSR count). The van der Waals surface area contributed by atoms with Crippen LogP contribution >= 0.6 is 15.9 Å². The molecular weight excluding hydrogens is 410 g/mol. The highest BCUT2D eigenvalue weighted by Gasteiger charge is 2.39. The quantitative estimate of drug-likeness (QED) is 0.644. The van der Waals surface area contributed by atoms with Crippen LogP contribution in [0.1, 0.15) is 18.4 Å². The van der Waals surface area contributed by atoms with Crippen LogP contribution in [0.4, 0.5) is 0 Å². The SMILES string of the molecule is O=C(Cc1ccc2oc3ccccc3c2c1)N1CCC(O)(C(=O)CBr)CC1. The van der Waals surface area contributed by atoms with Gasteiger partial charge < -0.3 is 14.4 Å². The zero-order valence-electron chi connectivity index (χ0n) is 14.8. The second-order valence-corrected chi connectivity index (χ2v) is 7.64. The molecular formula is C21H20BrNO4. The molecule has 1 saturated heterocycles. The number of aliphatic hydroxyl groups is 1. The van der Waals surface area contributed by atoms with E-state index < -0.39 is 5.60 Å². The number of ketones is 1. The average molecular weight is 430 g/mol. The first kappa shape index (κ1) is 18.2. The van der Waals surface area contributed by atoms with Gasteiger partial charge in [0, 0.05) is 36.7 Å². The second-order valence-electron chi connectivity index (χ2n) is 7.07. The van der Waals surface area contributed by atoms with E-state index in [2.05, 4.69) is 15.9 Å². The van der Waals surface area contributed by atoms with Crippen LogP contribution in [0.25, 0.3) is 21.9 Å². The highest BCUT2D eigenvalue weighted by Crippen LogP contribution is 2.30. The standard InChI is InChI=1S/C21H20BrNO4/c22-13-19(24)21(26)7-9-23(10-8-21)20(25)12-14-5-6-18-16(11-14)15-3-1-2-4-17(15)27-18/h1-6,11,26H,7-10,12-13H2. The van der Waals surface area contributed by atoms with Crippen LogP contribution in [0.5, 0.6) is 0 Å². The number of carbonyl (C=O) groups is 2. The minimum Gasteiger partial charge on any atom is -0.456 e. The van der Waals surface area contributed by atoms with Gasteiger partial charge in [-0.1, -0.05) is 40.2 Å². The fourth-order valence-electron chi connectivity index (χ4n) is 3.70. The number of carbonyl (C=O) groups excluding carboxylic acids is 2. The molecule has 1 amide bonds. The van der Waals surface area contributed by atoms with Gasteiger partial charge in [-0.2, -0.15) is 0 Å². The van der Waals surface area contributed by atoms with Gasteiger partial charge in [0.25, 0.3) is 0 Å². The lowest BCUT2D eigenvalue weighted by molar-refractivity contribution is -0.145. The van der Waals surface area contributed by atoms with Crippen molar-refractivity contribution in [2.24, 2.45) is 0 Å². The molecule has 1 N–H and O–H groups in total. The molecule has 0 radical (unpaired) electrons. The van der Waals surface area contributed by atoms with Crippen LogP contribution in [0.3, 0.4) is 0 Å². The van der Waals surface area contributed by atoms with Crippen molar-refractivity contribution in [1.82, 2.24) is 4.90 Å². The summed E-state index contributed by atoms with van der Waals surface area (Å²) in [4.78, 5) is 26.3. The molecule has 0 atom stereocenters. The first-order valence-corrected chi connectivity index (χ1v) is 10.1. The van der Waals surface area contributed by atoms with Gasteiger partial charge in [0.2, 0.25) is 5.91 Å². The first-order valence-electron chi connectivity index (χ1n) is 9.00. The first-order chi connectivity index (χ1) is 13.0.